The Labute approximate surface area is 134 Å². The monoisotopic (exact) mass is 320 g/mol. The first-order chi connectivity index (χ1) is 10.6. The van der Waals surface area contributed by atoms with Crippen molar-refractivity contribution in [3.63, 3.8) is 0 Å². The molecule has 1 unspecified atom stereocenters. The van der Waals surface area contributed by atoms with Crippen LogP contribution in [0.4, 0.5) is 4.39 Å². The van der Waals surface area contributed by atoms with Gasteiger partial charge >= 0.3 is 5.97 Å². The van der Waals surface area contributed by atoms with Gasteiger partial charge in [0, 0.05) is 24.3 Å². The summed E-state index contributed by atoms with van der Waals surface area (Å²) >= 11 is 5.88. The van der Waals surface area contributed by atoms with E-state index in [2.05, 4.69) is 0 Å². The van der Waals surface area contributed by atoms with Crippen LogP contribution < -0.4 is 0 Å². The number of hydrogen-bond donors (Lipinski definition) is 0. The number of hydrogen-bond acceptors (Lipinski definition) is 2. The average Bonchev–Trinajstić information content (AvgIpc) is 2.47. The predicted molar refractivity (Wildman–Crippen MR) is 85.4 cm³/mol. The van der Waals surface area contributed by atoms with Gasteiger partial charge in [0.2, 0.25) is 0 Å². The van der Waals surface area contributed by atoms with Crippen molar-refractivity contribution >= 4 is 17.6 Å². The maximum Gasteiger partial charge on any atom is 0.305 e. The van der Waals surface area contributed by atoms with Crippen LogP contribution >= 0.6 is 11.6 Å². The second-order valence-electron chi connectivity index (χ2n) is 5.14. The minimum Gasteiger partial charge on any atom is -0.462 e. The van der Waals surface area contributed by atoms with Crippen LogP contribution in [0.25, 0.3) is 0 Å². The quantitative estimate of drug-likeness (QED) is 0.728. The van der Waals surface area contributed by atoms with Gasteiger partial charge in [0.05, 0.1) is 0 Å². The van der Waals surface area contributed by atoms with E-state index in [4.69, 9.17) is 16.3 Å². The van der Waals surface area contributed by atoms with Gasteiger partial charge in [-0.15, -0.1) is 0 Å². The highest BCUT2D eigenvalue weighted by atomic mass is 35.5. The molecule has 2 nitrogen and oxygen atoms in total. The molecular formula is C18H18ClFO2. The molecule has 116 valence electrons. The number of carbonyl (C=O) groups is 1. The molecule has 0 aliphatic heterocycles. The van der Waals surface area contributed by atoms with Gasteiger partial charge in [-0.05, 0) is 29.3 Å². The SMILES string of the molecule is CCC(=O)OC(Cc1ccccc1)Cc1cc(F)cc(Cl)c1. The summed E-state index contributed by atoms with van der Waals surface area (Å²) in [7, 11) is 0. The van der Waals surface area contributed by atoms with E-state index in [0.717, 1.165) is 11.1 Å². The van der Waals surface area contributed by atoms with Gasteiger partial charge < -0.3 is 4.74 Å². The molecular weight excluding hydrogens is 303 g/mol. The van der Waals surface area contributed by atoms with Gasteiger partial charge in [-0.3, -0.25) is 4.79 Å². The minimum atomic E-state index is -0.386. The standard InChI is InChI=1S/C18H18ClFO2/c1-2-18(21)22-17(10-13-6-4-3-5-7-13)11-14-8-15(19)12-16(20)9-14/h3-9,12,17H,2,10-11H2,1H3. The molecule has 0 aliphatic rings. The first-order valence-corrected chi connectivity index (χ1v) is 7.63. The molecule has 0 aliphatic carbocycles. The van der Waals surface area contributed by atoms with Crippen LogP contribution in [0.1, 0.15) is 24.5 Å². The van der Waals surface area contributed by atoms with Crippen molar-refractivity contribution < 1.29 is 13.9 Å². The highest BCUT2D eigenvalue weighted by Gasteiger charge is 2.16. The van der Waals surface area contributed by atoms with Gasteiger partial charge in [-0.2, -0.15) is 0 Å². The fraction of sp³-hybridized carbons (Fsp3) is 0.278. The molecule has 0 saturated heterocycles. The molecule has 0 fully saturated rings. The maximum atomic E-state index is 13.4. The van der Waals surface area contributed by atoms with Gasteiger partial charge in [0.15, 0.2) is 0 Å². The fourth-order valence-corrected chi connectivity index (χ4v) is 2.54. The largest absolute Gasteiger partial charge is 0.462 e. The summed E-state index contributed by atoms with van der Waals surface area (Å²) in [6, 6.07) is 14.1. The smallest absolute Gasteiger partial charge is 0.305 e. The van der Waals surface area contributed by atoms with Crippen LogP contribution in [-0.2, 0) is 22.4 Å². The summed E-state index contributed by atoms with van der Waals surface area (Å²) in [5, 5.41) is 0.343. The molecule has 0 aromatic heterocycles. The second kappa shape index (κ2) is 7.95. The highest BCUT2D eigenvalue weighted by molar-refractivity contribution is 6.30. The van der Waals surface area contributed by atoms with E-state index < -0.39 is 0 Å². The average molecular weight is 321 g/mol. The van der Waals surface area contributed by atoms with Crippen LogP contribution in [0, 0.1) is 5.82 Å². The van der Waals surface area contributed by atoms with E-state index in [1.54, 1.807) is 13.0 Å². The lowest BCUT2D eigenvalue weighted by Crippen LogP contribution is -2.23. The van der Waals surface area contributed by atoms with E-state index in [1.165, 1.54) is 12.1 Å². The Morgan fingerprint density at radius 2 is 1.82 bits per heavy atom. The zero-order valence-electron chi connectivity index (χ0n) is 12.4. The van der Waals surface area contributed by atoms with Crippen molar-refractivity contribution in [2.75, 3.05) is 0 Å². The molecule has 0 bridgehead atoms. The van der Waals surface area contributed by atoms with Crippen molar-refractivity contribution in [1.29, 1.82) is 0 Å². The highest BCUT2D eigenvalue weighted by Crippen LogP contribution is 2.18. The number of halogens is 2. The first kappa shape index (κ1) is 16.5. The fourth-order valence-electron chi connectivity index (χ4n) is 2.29. The van der Waals surface area contributed by atoms with Crippen LogP contribution in [0.2, 0.25) is 5.02 Å². The number of ether oxygens (including phenoxy) is 1. The zero-order chi connectivity index (χ0) is 15.9. The lowest BCUT2D eigenvalue weighted by Gasteiger charge is -2.18. The Balaban J connectivity index is 2.14. The van der Waals surface area contributed by atoms with E-state index in [1.807, 2.05) is 30.3 Å². The Hall–Kier alpha value is -1.87. The predicted octanol–water partition coefficient (Wildman–Crippen LogP) is 4.59. The van der Waals surface area contributed by atoms with Gasteiger partial charge in [-0.25, -0.2) is 4.39 Å². The number of esters is 1. The maximum absolute atomic E-state index is 13.4. The van der Waals surface area contributed by atoms with E-state index in [9.17, 15) is 9.18 Å². The molecule has 1 atom stereocenters. The van der Waals surface area contributed by atoms with Crippen LogP contribution in [0.5, 0.6) is 0 Å². The summed E-state index contributed by atoms with van der Waals surface area (Å²) in [4.78, 5) is 11.6. The summed E-state index contributed by atoms with van der Waals surface area (Å²) < 4.78 is 18.9. The number of rotatable bonds is 6. The molecule has 2 aromatic rings. The third kappa shape index (κ3) is 5.15. The summed E-state index contributed by atoms with van der Waals surface area (Å²) in [5.74, 6) is -0.647. The Kier molecular flexibility index (Phi) is 5.96. The molecule has 2 aromatic carbocycles. The third-order valence-electron chi connectivity index (χ3n) is 3.28. The van der Waals surface area contributed by atoms with Crippen molar-refractivity contribution in [3.8, 4) is 0 Å². The Morgan fingerprint density at radius 1 is 1.14 bits per heavy atom. The van der Waals surface area contributed by atoms with Crippen molar-refractivity contribution in [2.45, 2.75) is 32.3 Å². The number of carbonyl (C=O) groups excluding carboxylic acids is 1. The van der Waals surface area contributed by atoms with Gasteiger partial charge in [0.25, 0.3) is 0 Å². The second-order valence-corrected chi connectivity index (χ2v) is 5.57. The van der Waals surface area contributed by atoms with Crippen molar-refractivity contribution in [2.24, 2.45) is 0 Å². The van der Waals surface area contributed by atoms with Crippen LogP contribution in [-0.4, -0.2) is 12.1 Å². The summed E-state index contributed by atoms with van der Waals surface area (Å²) in [6.45, 7) is 1.75. The van der Waals surface area contributed by atoms with E-state index in [-0.39, 0.29) is 17.9 Å². The summed E-state index contributed by atoms with van der Waals surface area (Å²) in [5.41, 5.74) is 1.79. The Bertz CT molecular complexity index is 608. The third-order valence-corrected chi connectivity index (χ3v) is 3.50. The van der Waals surface area contributed by atoms with Gasteiger partial charge in [-0.1, -0.05) is 48.9 Å². The zero-order valence-corrected chi connectivity index (χ0v) is 13.1. The molecule has 0 amide bonds. The molecule has 4 heteroatoms. The molecule has 0 radical (unpaired) electrons. The van der Waals surface area contributed by atoms with Crippen molar-refractivity contribution in [1.82, 2.24) is 0 Å². The molecule has 22 heavy (non-hydrogen) atoms. The molecule has 0 saturated carbocycles. The van der Waals surface area contributed by atoms with E-state index in [0.29, 0.717) is 24.3 Å². The lowest BCUT2D eigenvalue weighted by molar-refractivity contribution is -0.148. The lowest BCUT2D eigenvalue weighted by atomic mass is 10.0. The van der Waals surface area contributed by atoms with Crippen LogP contribution in [0.3, 0.4) is 0 Å². The van der Waals surface area contributed by atoms with Crippen LogP contribution in [0.15, 0.2) is 48.5 Å². The minimum absolute atomic E-state index is 0.261. The van der Waals surface area contributed by atoms with Crippen molar-refractivity contribution in [3.05, 3.63) is 70.5 Å². The van der Waals surface area contributed by atoms with E-state index >= 15 is 0 Å². The molecule has 0 N–H and O–H groups in total. The van der Waals surface area contributed by atoms with Gasteiger partial charge in [0.1, 0.15) is 11.9 Å². The molecule has 2 rings (SSSR count). The normalized spacial score (nSPS) is 12.0. The first-order valence-electron chi connectivity index (χ1n) is 7.25. The summed E-state index contributed by atoms with van der Waals surface area (Å²) in [6.07, 6.45) is 0.987. The topological polar surface area (TPSA) is 26.3 Å². The Morgan fingerprint density at radius 3 is 2.45 bits per heavy atom. The number of benzene rings is 2. The molecule has 0 heterocycles. The molecule has 0 spiro atoms.